The van der Waals surface area contributed by atoms with Crippen LogP contribution < -0.4 is 0 Å². The molecule has 1 fully saturated rings. The topological polar surface area (TPSA) is 42.7 Å². The van der Waals surface area contributed by atoms with E-state index in [0.29, 0.717) is 18.9 Å². The number of furan rings is 1. The maximum absolute atomic E-state index is 12.8. The Hall–Kier alpha value is -2.28. The van der Waals surface area contributed by atoms with Crippen LogP contribution in [0.25, 0.3) is 0 Å². The van der Waals surface area contributed by atoms with Crippen molar-refractivity contribution in [1.82, 2.24) is 4.90 Å². The molecule has 7 heteroatoms. The number of ether oxygens (including phenoxy) is 1. The van der Waals surface area contributed by atoms with Crippen molar-refractivity contribution in [2.24, 2.45) is 0 Å². The number of hydrogen-bond donors (Lipinski definition) is 0. The van der Waals surface area contributed by atoms with Crippen LogP contribution in [-0.2, 0) is 17.5 Å². The lowest BCUT2D eigenvalue weighted by Crippen LogP contribution is -2.36. The summed E-state index contributed by atoms with van der Waals surface area (Å²) >= 11 is 0. The zero-order valence-corrected chi connectivity index (χ0v) is 13.5. The molecule has 1 unspecified atom stereocenters. The molecule has 1 aliphatic rings. The van der Waals surface area contributed by atoms with E-state index in [4.69, 9.17) is 9.15 Å². The van der Waals surface area contributed by atoms with Crippen molar-refractivity contribution in [2.75, 3.05) is 13.2 Å². The quantitative estimate of drug-likeness (QED) is 0.812. The summed E-state index contributed by atoms with van der Waals surface area (Å²) in [6.07, 6.45) is -1.17. The molecule has 3 rings (SSSR count). The number of hydrogen-bond acceptors (Lipinski definition) is 3. The third-order valence-corrected chi connectivity index (χ3v) is 4.12. The summed E-state index contributed by atoms with van der Waals surface area (Å²) in [6, 6.07) is 7.73. The molecule has 0 spiro atoms. The first-order valence-electron chi connectivity index (χ1n) is 8.04. The van der Waals surface area contributed by atoms with Gasteiger partial charge in [0.2, 0.25) is 0 Å². The molecular weight excluding hydrogens is 335 g/mol. The highest BCUT2D eigenvalue weighted by atomic mass is 19.4. The Morgan fingerprint density at radius 3 is 2.52 bits per heavy atom. The molecule has 0 N–H and O–H groups in total. The van der Waals surface area contributed by atoms with Crippen LogP contribution in [0, 0.1) is 0 Å². The van der Waals surface area contributed by atoms with Crippen molar-refractivity contribution in [3.05, 3.63) is 59.5 Å². The minimum atomic E-state index is -4.42. The number of rotatable bonds is 5. The summed E-state index contributed by atoms with van der Waals surface area (Å²) in [6.45, 7) is 1.28. The van der Waals surface area contributed by atoms with Gasteiger partial charge in [-0.25, -0.2) is 0 Å². The molecule has 2 aromatic rings. The maximum Gasteiger partial charge on any atom is 0.416 e. The van der Waals surface area contributed by atoms with Crippen LogP contribution in [0.5, 0.6) is 0 Å². The van der Waals surface area contributed by atoms with Gasteiger partial charge in [-0.1, -0.05) is 0 Å². The van der Waals surface area contributed by atoms with Crippen molar-refractivity contribution < 1.29 is 27.1 Å². The minimum Gasteiger partial charge on any atom is -0.467 e. The highest BCUT2D eigenvalue weighted by molar-refractivity contribution is 5.94. The molecule has 0 bridgehead atoms. The molecule has 25 heavy (non-hydrogen) atoms. The standard InChI is InChI=1S/C18H18F3NO3/c19-18(20,21)14-7-5-13(6-8-14)17(23)22(11-15-3-1-9-24-15)12-16-4-2-10-25-16/h1,3,5-9,16H,2,4,10-12H2. The molecule has 1 aliphatic heterocycles. The summed E-state index contributed by atoms with van der Waals surface area (Å²) < 4.78 is 48.9. The van der Waals surface area contributed by atoms with Crippen LogP contribution in [0.2, 0.25) is 0 Å². The molecule has 1 amide bonds. The number of halogens is 3. The van der Waals surface area contributed by atoms with Gasteiger partial charge in [0.05, 0.1) is 24.5 Å². The highest BCUT2D eigenvalue weighted by Gasteiger charge is 2.31. The van der Waals surface area contributed by atoms with Gasteiger partial charge in [-0.05, 0) is 49.2 Å². The zero-order chi connectivity index (χ0) is 17.9. The lowest BCUT2D eigenvalue weighted by atomic mass is 10.1. The predicted octanol–water partition coefficient (Wildman–Crippen LogP) is 4.12. The van der Waals surface area contributed by atoms with Crippen LogP contribution in [-0.4, -0.2) is 30.1 Å². The predicted molar refractivity (Wildman–Crippen MR) is 83.9 cm³/mol. The zero-order valence-electron chi connectivity index (χ0n) is 13.5. The molecule has 4 nitrogen and oxygen atoms in total. The van der Waals surface area contributed by atoms with E-state index >= 15 is 0 Å². The Bertz CT molecular complexity index is 689. The van der Waals surface area contributed by atoms with Crippen molar-refractivity contribution >= 4 is 5.91 Å². The number of alkyl halides is 3. The van der Waals surface area contributed by atoms with Crippen LogP contribution in [0.4, 0.5) is 13.2 Å². The van der Waals surface area contributed by atoms with Gasteiger partial charge in [0.15, 0.2) is 0 Å². The average Bonchev–Trinajstić information content (AvgIpc) is 3.27. The average molecular weight is 353 g/mol. The first kappa shape index (κ1) is 17.5. The summed E-state index contributed by atoms with van der Waals surface area (Å²) in [5, 5.41) is 0. The first-order valence-corrected chi connectivity index (χ1v) is 8.04. The van der Waals surface area contributed by atoms with Crippen LogP contribution in [0.3, 0.4) is 0 Å². The number of amides is 1. The summed E-state index contributed by atoms with van der Waals surface area (Å²) in [4.78, 5) is 14.3. The second-order valence-corrected chi connectivity index (χ2v) is 5.98. The Kier molecular flexibility index (Phi) is 5.13. The summed E-state index contributed by atoms with van der Waals surface area (Å²) in [5.41, 5.74) is -0.571. The van der Waals surface area contributed by atoms with Crippen LogP contribution >= 0.6 is 0 Å². The SMILES string of the molecule is O=C(c1ccc(C(F)(F)F)cc1)N(Cc1ccco1)CC1CCCO1. The van der Waals surface area contributed by atoms with Gasteiger partial charge in [0.1, 0.15) is 5.76 Å². The van der Waals surface area contributed by atoms with Crippen molar-refractivity contribution in [3.63, 3.8) is 0 Å². The number of carbonyl (C=O) groups is 1. The molecule has 1 aromatic heterocycles. The van der Waals surface area contributed by atoms with E-state index in [1.54, 1.807) is 17.0 Å². The fourth-order valence-electron chi connectivity index (χ4n) is 2.83. The summed E-state index contributed by atoms with van der Waals surface area (Å²) in [7, 11) is 0. The van der Waals surface area contributed by atoms with E-state index in [0.717, 1.165) is 25.0 Å². The molecule has 134 valence electrons. The van der Waals surface area contributed by atoms with Crippen molar-refractivity contribution in [1.29, 1.82) is 0 Å². The van der Waals surface area contributed by atoms with Gasteiger partial charge in [-0.3, -0.25) is 4.79 Å². The maximum atomic E-state index is 12.8. The molecule has 1 saturated heterocycles. The van der Waals surface area contributed by atoms with E-state index in [2.05, 4.69) is 0 Å². The van der Waals surface area contributed by atoms with Gasteiger partial charge in [-0.15, -0.1) is 0 Å². The van der Waals surface area contributed by atoms with E-state index in [1.165, 1.54) is 18.4 Å². The van der Waals surface area contributed by atoms with E-state index in [9.17, 15) is 18.0 Å². The van der Waals surface area contributed by atoms with Crippen molar-refractivity contribution in [2.45, 2.75) is 31.7 Å². The molecule has 1 aromatic carbocycles. The van der Waals surface area contributed by atoms with Crippen molar-refractivity contribution in [3.8, 4) is 0 Å². The summed E-state index contributed by atoms with van der Waals surface area (Å²) in [5.74, 6) is 0.263. The normalized spacial score (nSPS) is 17.6. The largest absolute Gasteiger partial charge is 0.467 e. The molecular formula is C18H18F3NO3. The Morgan fingerprint density at radius 2 is 1.96 bits per heavy atom. The second-order valence-electron chi connectivity index (χ2n) is 5.98. The third kappa shape index (κ3) is 4.42. The molecule has 1 atom stereocenters. The number of nitrogens with zero attached hydrogens (tertiary/aromatic N) is 1. The monoisotopic (exact) mass is 353 g/mol. The molecule has 0 radical (unpaired) electrons. The fraction of sp³-hybridized carbons (Fsp3) is 0.389. The van der Waals surface area contributed by atoms with E-state index in [-0.39, 0.29) is 24.1 Å². The number of benzene rings is 1. The smallest absolute Gasteiger partial charge is 0.416 e. The Labute approximate surface area is 143 Å². The second kappa shape index (κ2) is 7.31. The van der Waals surface area contributed by atoms with E-state index < -0.39 is 11.7 Å². The Morgan fingerprint density at radius 1 is 1.20 bits per heavy atom. The van der Waals surface area contributed by atoms with Gasteiger partial charge in [0.25, 0.3) is 5.91 Å². The molecule has 0 saturated carbocycles. The Balaban J connectivity index is 1.77. The fourth-order valence-corrected chi connectivity index (χ4v) is 2.83. The number of carbonyl (C=O) groups excluding carboxylic acids is 1. The highest BCUT2D eigenvalue weighted by Crippen LogP contribution is 2.29. The lowest BCUT2D eigenvalue weighted by Gasteiger charge is -2.25. The van der Waals surface area contributed by atoms with E-state index in [1.807, 2.05) is 0 Å². The van der Waals surface area contributed by atoms with Crippen LogP contribution in [0.15, 0.2) is 47.1 Å². The van der Waals surface area contributed by atoms with Gasteiger partial charge in [0, 0.05) is 18.7 Å². The van der Waals surface area contributed by atoms with Gasteiger partial charge in [-0.2, -0.15) is 13.2 Å². The third-order valence-electron chi connectivity index (χ3n) is 4.12. The van der Waals surface area contributed by atoms with Gasteiger partial charge < -0.3 is 14.1 Å². The molecule has 0 aliphatic carbocycles. The van der Waals surface area contributed by atoms with Crippen LogP contribution in [0.1, 0.15) is 34.5 Å². The molecule has 2 heterocycles. The van der Waals surface area contributed by atoms with Gasteiger partial charge >= 0.3 is 6.18 Å². The lowest BCUT2D eigenvalue weighted by molar-refractivity contribution is -0.137. The first-order chi connectivity index (χ1) is 11.9. The minimum absolute atomic E-state index is 0.0617.